The van der Waals surface area contributed by atoms with E-state index in [1.54, 1.807) is 12.1 Å². The number of hydrogen-bond donors (Lipinski definition) is 1. The van der Waals surface area contributed by atoms with Crippen LogP contribution in [0.15, 0.2) is 41.7 Å². The van der Waals surface area contributed by atoms with Gasteiger partial charge in [0.1, 0.15) is 5.82 Å². The summed E-state index contributed by atoms with van der Waals surface area (Å²) in [4.78, 5) is 6.79. The largest absolute Gasteiger partial charge is 0.355 e. The molecule has 0 saturated carbocycles. The number of aliphatic imine (C=N–C) groups is 1. The minimum absolute atomic E-state index is 0.188. The molecule has 2 aromatic rings. The third kappa shape index (κ3) is 4.87. The third-order valence-electron chi connectivity index (χ3n) is 5.37. The average Bonchev–Trinajstić information content (AvgIpc) is 3.25. The molecule has 1 aliphatic rings. The summed E-state index contributed by atoms with van der Waals surface area (Å²) in [7, 11) is 3.78. The monoisotopic (exact) mass is 371 g/mol. The maximum absolute atomic E-state index is 13.6. The molecule has 2 heterocycles. The van der Waals surface area contributed by atoms with Gasteiger partial charge in [0.2, 0.25) is 0 Å². The summed E-state index contributed by atoms with van der Waals surface area (Å²) in [5.74, 6) is 1.35. The minimum Gasteiger partial charge on any atom is -0.355 e. The molecule has 0 radical (unpaired) electrons. The molecule has 0 amide bonds. The van der Waals surface area contributed by atoms with Crippen molar-refractivity contribution in [2.45, 2.75) is 32.1 Å². The number of nitrogens with zero attached hydrogens (tertiary/aromatic N) is 4. The van der Waals surface area contributed by atoms with Gasteiger partial charge < -0.3 is 10.2 Å². The number of halogens is 1. The Balaban J connectivity index is 1.56. The van der Waals surface area contributed by atoms with Gasteiger partial charge in [-0.15, -0.1) is 0 Å². The van der Waals surface area contributed by atoms with Gasteiger partial charge in [-0.1, -0.05) is 26.0 Å². The van der Waals surface area contributed by atoms with Crippen molar-refractivity contribution in [3.63, 3.8) is 0 Å². The molecule has 0 bridgehead atoms. The second kappa shape index (κ2) is 8.11. The second-order valence-corrected chi connectivity index (χ2v) is 8.12. The van der Waals surface area contributed by atoms with E-state index in [9.17, 15) is 4.39 Å². The van der Waals surface area contributed by atoms with Crippen LogP contribution in [0.2, 0.25) is 0 Å². The fraction of sp³-hybridized carbons (Fsp3) is 0.524. The Morgan fingerprint density at radius 2 is 2.22 bits per heavy atom. The lowest BCUT2D eigenvalue weighted by Crippen LogP contribution is -2.45. The number of hydrogen-bond acceptors (Lipinski definition) is 2. The van der Waals surface area contributed by atoms with E-state index < -0.39 is 0 Å². The van der Waals surface area contributed by atoms with Crippen LogP contribution in [0.5, 0.6) is 0 Å². The van der Waals surface area contributed by atoms with Gasteiger partial charge >= 0.3 is 0 Å². The molecule has 0 aliphatic carbocycles. The molecule has 1 atom stereocenters. The van der Waals surface area contributed by atoms with E-state index in [0.29, 0.717) is 12.5 Å². The van der Waals surface area contributed by atoms with Crippen molar-refractivity contribution >= 4 is 5.96 Å². The average molecular weight is 372 g/mol. The van der Waals surface area contributed by atoms with Gasteiger partial charge in [-0.2, -0.15) is 5.10 Å². The predicted octanol–water partition coefficient (Wildman–Crippen LogP) is 2.98. The second-order valence-electron chi connectivity index (χ2n) is 8.12. The Morgan fingerprint density at radius 3 is 2.89 bits per heavy atom. The Kier molecular flexibility index (Phi) is 5.82. The van der Waals surface area contributed by atoms with Crippen LogP contribution in [0.3, 0.4) is 0 Å². The molecule has 1 aliphatic heterocycles. The van der Waals surface area contributed by atoms with Crippen molar-refractivity contribution in [2.24, 2.45) is 18.0 Å². The molecule has 1 saturated heterocycles. The minimum atomic E-state index is -0.192. The SMILES string of the molecule is CN=C(NCC(C)(C)c1cccc(F)c1)N1CCC(Cc2cnn(C)c2)C1. The fourth-order valence-corrected chi connectivity index (χ4v) is 3.75. The molecule has 1 N–H and O–H groups in total. The smallest absolute Gasteiger partial charge is 0.193 e. The Labute approximate surface area is 161 Å². The van der Waals surface area contributed by atoms with Gasteiger partial charge in [-0.25, -0.2) is 4.39 Å². The van der Waals surface area contributed by atoms with Crippen molar-refractivity contribution in [3.8, 4) is 0 Å². The molecule has 1 fully saturated rings. The van der Waals surface area contributed by atoms with Crippen molar-refractivity contribution in [3.05, 3.63) is 53.6 Å². The van der Waals surface area contributed by atoms with E-state index in [1.165, 1.54) is 11.6 Å². The van der Waals surface area contributed by atoms with Gasteiger partial charge in [0, 0.05) is 45.3 Å². The van der Waals surface area contributed by atoms with Gasteiger partial charge in [0.05, 0.1) is 6.20 Å². The van der Waals surface area contributed by atoms with Crippen molar-refractivity contribution in [1.82, 2.24) is 20.0 Å². The Hall–Kier alpha value is -2.37. The highest BCUT2D eigenvalue weighted by Gasteiger charge is 2.27. The molecule has 5 nitrogen and oxygen atoms in total. The number of benzene rings is 1. The molecule has 3 rings (SSSR count). The topological polar surface area (TPSA) is 45.5 Å². The maximum atomic E-state index is 13.6. The molecule has 6 heteroatoms. The van der Waals surface area contributed by atoms with E-state index in [4.69, 9.17) is 0 Å². The summed E-state index contributed by atoms with van der Waals surface area (Å²) in [5.41, 5.74) is 2.09. The number of rotatable bonds is 5. The van der Waals surface area contributed by atoms with Crippen LogP contribution in [0.25, 0.3) is 0 Å². The van der Waals surface area contributed by atoms with E-state index in [0.717, 1.165) is 37.5 Å². The van der Waals surface area contributed by atoms with Crippen LogP contribution in [-0.4, -0.2) is 47.3 Å². The number of guanidine groups is 1. The van der Waals surface area contributed by atoms with Crippen molar-refractivity contribution < 1.29 is 4.39 Å². The standard InChI is InChI=1S/C21H30FN5/c1-21(2,18-6-5-7-19(22)11-18)15-24-20(23-3)27-9-8-16(14-27)10-17-12-25-26(4)13-17/h5-7,11-13,16H,8-10,14-15H2,1-4H3,(H,23,24). The molecular formula is C21H30FN5. The summed E-state index contributed by atoms with van der Waals surface area (Å²) >= 11 is 0. The van der Waals surface area contributed by atoms with Gasteiger partial charge in [-0.05, 0) is 42.0 Å². The van der Waals surface area contributed by atoms with Crippen LogP contribution in [0.1, 0.15) is 31.4 Å². The lowest BCUT2D eigenvalue weighted by molar-refractivity contribution is 0.439. The Morgan fingerprint density at radius 1 is 1.41 bits per heavy atom. The summed E-state index contributed by atoms with van der Waals surface area (Å²) < 4.78 is 15.4. The molecular weight excluding hydrogens is 341 g/mol. The first-order chi connectivity index (χ1) is 12.9. The highest BCUT2D eigenvalue weighted by atomic mass is 19.1. The van der Waals surface area contributed by atoms with Gasteiger partial charge in [-0.3, -0.25) is 9.67 Å². The number of likely N-dealkylation sites (tertiary alicyclic amines) is 1. The highest BCUT2D eigenvalue weighted by molar-refractivity contribution is 5.80. The Bertz CT molecular complexity index is 795. The quantitative estimate of drug-likeness (QED) is 0.649. The van der Waals surface area contributed by atoms with Crippen LogP contribution >= 0.6 is 0 Å². The first-order valence-corrected chi connectivity index (χ1v) is 9.56. The van der Waals surface area contributed by atoms with Crippen LogP contribution in [0.4, 0.5) is 4.39 Å². The van der Waals surface area contributed by atoms with Crippen molar-refractivity contribution in [1.29, 1.82) is 0 Å². The van der Waals surface area contributed by atoms with Crippen LogP contribution in [0, 0.1) is 11.7 Å². The summed E-state index contributed by atoms with van der Waals surface area (Å²) in [5, 5.41) is 7.76. The lowest BCUT2D eigenvalue weighted by Gasteiger charge is -2.29. The zero-order chi connectivity index (χ0) is 19.4. The zero-order valence-electron chi connectivity index (χ0n) is 16.7. The first-order valence-electron chi connectivity index (χ1n) is 9.56. The summed E-state index contributed by atoms with van der Waals surface area (Å²) in [6, 6.07) is 6.85. The van der Waals surface area contributed by atoms with Crippen LogP contribution < -0.4 is 5.32 Å². The molecule has 1 aromatic heterocycles. The van der Waals surface area contributed by atoms with E-state index in [1.807, 2.05) is 31.0 Å². The molecule has 146 valence electrons. The predicted molar refractivity (Wildman–Crippen MR) is 107 cm³/mol. The summed E-state index contributed by atoms with van der Waals surface area (Å²) in [6.07, 6.45) is 6.26. The van der Waals surface area contributed by atoms with E-state index in [-0.39, 0.29) is 11.2 Å². The lowest BCUT2D eigenvalue weighted by atomic mass is 9.84. The van der Waals surface area contributed by atoms with Crippen molar-refractivity contribution in [2.75, 3.05) is 26.7 Å². The van der Waals surface area contributed by atoms with E-state index >= 15 is 0 Å². The first kappa shape index (κ1) is 19.4. The summed E-state index contributed by atoms with van der Waals surface area (Å²) in [6.45, 7) is 6.95. The van der Waals surface area contributed by atoms with Gasteiger partial charge in [0.25, 0.3) is 0 Å². The third-order valence-corrected chi connectivity index (χ3v) is 5.37. The number of nitrogens with one attached hydrogen (secondary N) is 1. The van der Waals surface area contributed by atoms with Crippen LogP contribution in [-0.2, 0) is 18.9 Å². The fourth-order valence-electron chi connectivity index (χ4n) is 3.75. The van der Waals surface area contributed by atoms with E-state index in [2.05, 4.69) is 40.4 Å². The number of aryl methyl sites for hydroxylation is 1. The zero-order valence-corrected chi connectivity index (χ0v) is 16.7. The van der Waals surface area contributed by atoms with Gasteiger partial charge in [0.15, 0.2) is 5.96 Å². The molecule has 1 aromatic carbocycles. The maximum Gasteiger partial charge on any atom is 0.193 e. The molecule has 0 spiro atoms. The normalized spacial score (nSPS) is 18.2. The highest BCUT2D eigenvalue weighted by Crippen LogP contribution is 2.24. The molecule has 1 unspecified atom stereocenters. The molecule has 27 heavy (non-hydrogen) atoms. The number of aromatic nitrogens is 2.